The van der Waals surface area contributed by atoms with Gasteiger partial charge >= 0.3 is 7.12 Å². The van der Waals surface area contributed by atoms with E-state index in [0.29, 0.717) is 12.1 Å². The van der Waals surface area contributed by atoms with Crippen molar-refractivity contribution in [3.63, 3.8) is 0 Å². The van der Waals surface area contributed by atoms with Crippen molar-refractivity contribution >= 4 is 23.4 Å². The van der Waals surface area contributed by atoms with Gasteiger partial charge in [0.1, 0.15) is 12.4 Å². The highest BCUT2D eigenvalue weighted by Crippen LogP contribution is 2.21. The summed E-state index contributed by atoms with van der Waals surface area (Å²) in [6.07, 6.45) is 0. The van der Waals surface area contributed by atoms with Crippen molar-refractivity contribution in [3.8, 4) is 5.75 Å². The maximum Gasteiger partial charge on any atom is 0.488 e. The fourth-order valence-corrected chi connectivity index (χ4v) is 2.27. The molecule has 0 spiro atoms. The lowest BCUT2D eigenvalue weighted by atomic mass is 9.80. The zero-order valence-electron chi connectivity index (χ0n) is 11.4. The first kappa shape index (κ1) is 13.7. The molecule has 0 aliphatic carbocycles. The van der Waals surface area contributed by atoms with E-state index in [1.807, 2.05) is 42.5 Å². The van der Waals surface area contributed by atoms with Gasteiger partial charge in [-0.25, -0.2) is 0 Å². The van der Waals surface area contributed by atoms with Crippen LogP contribution in [0.3, 0.4) is 0 Å². The number of rotatable bonds is 4. The molecule has 3 aromatic carbocycles. The Morgan fingerprint density at radius 1 is 0.810 bits per heavy atom. The minimum Gasteiger partial charge on any atom is -0.489 e. The third-order valence-corrected chi connectivity index (χ3v) is 3.38. The van der Waals surface area contributed by atoms with Crippen molar-refractivity contribution in [1.82, 2.24) is 0 Å². The maximum absolute atomic E-state index is 9.17. The van der Waals surface area contributed by atoms with Gasteiger partial charge in [-0.1, -0.05) is 54.6 Å². The van der Waals surface area contributed by atoms with Crippen LogP contribution in [-0.4, -0.2) is 17.2 Å². The lowest BCUT2D eigenvalue weighted by Crippen LogP contribution is -2.29. The first-order valence-corrected chi connectivity index (χ1v) is 6.79. The largest absolute Gasteiger partial charge is 0.489 e. The van der Waals surface area contributed by atoms with Gasteiger partial charge < -0.3 is 14.8 Å². The van der Waals surface area contributed by atoms with E-state index in [-0.39, 0.29) is 0 Å². The molecule has 3 nitrogen and oxygen atoms in total. The van der Waals surface area contributed by atoms with Crippen LogP contribution in [0.5, 0.6) is 5.75 Å². The predicted molar refractivity (Wildman–Crippen MR) is 84.5 cm³/mol. The molecule has 0 aromatic heterocycles. The van der Waals surface area contributed by atoms with E-state index in [9.17, 15) is 0 Å². The van der Waals surface area contributed by atoms with E-state index >= 15 is 0 Å². The molecule has 0 amide bonds. The quantitative estimate of drug-likeness (QED) is 0.718. The van der Waals surface area contributed by atoms with Crippen LogP contribution in [0.25, 0.3) is 10.8 Å². The number of hydrogen-bond donors (Lipinski definition) is 2. The first-order chi connectivity index (χ1) is 10.2. The molecule has 0 saturated heterocycles. The molecular weight excluding hydrogens is 263 g/mol. The standard InChI is InChI=1S/C17H15BO3/c19-18(20)16-7-3-4-13(10-16)12-21-17-9-8-14-5-1-2-6-15(14)11-17/h1-11,19-20H,12H2. The Hall–Kier alpha value is -2.30. The summed E-state index contributed by atoms with van der Waals surface area (Å²) in [6, 6.07) is 21.2. The molecule has 2 N–H and O–H groups in total. The molecule has 0 heterocycles. The van der Waals surface area contributed by atoms with E-state index in [4.69, 9.17) is 14.8 Å². The fraction of sp³-hybridized carbons (Fsp3) is 0.0588. The highest BCUT2D eigenvalue weighted by Gasteiger charge is 2.10. The van der Waals surface area contributed by atoms with Gasteiger partial charge in [-0.05, 0) is 33.9 Å². The number of benzene rings is 3. The average Bonchev–Trinajstić information content (AvgIpc) is 2.53. The summed E-state index contributed by atoms with van der Waals surface area (Å²) < 4.78 is 5.77. The molecule has 0 atom stereocenters. The number of hydrogen-bond acceptors (Lipinski definition) is 3. The number of fused-ring (bicyclic) bond motifs is 1. The second-order valence-electron chi connectivity index (χ2n) is 4.92. The Bertz CT molecular complexity index is 756. The first-order valence-electron chi connectivity index (χ1n) is 6.79. The van der Waals surface area contributed by atoms with Crippen molar-refractivity contribution in [2.45, 2.75) is 6.61 Å². The van der Waals surface area contributed by atoms with Crippen LogP contribution >= 0.6 is 0 Å². The van der Waals surface area contributed by atoms with Crippen LogP contribution in [0.4, 0.5) is 0 Å². The maximum atomic E-state index is 9.17. The van der Waals surface area contributed by atoms with Gasteiger partial charge in [0, 0.05) is 0 Å². The van der Waals surface area contributed by atoms with Gasteiger partial charge in [0.15, 0.2) is 0 Å². The van der Waals surface area contributed by atoms with Gasteiger partial charge in [-0.3, -0.25) is 0 Å². The molecule has 21 heavy (non-hydrogen) atoms. The van der Waals surface area contributed by atoms with Crippen molar-refractivity contribution in [3.05, 3.63) is 72.3 Å². The monoisotopic (exact) mass is 278 g/mol. The lowest BCUT2D eigenvalue weighted by molar-refractivity contribution is 0.306. The van der Waals surface area contributed by atoms with E-state index in [1.165, 1.54) is 5.39 Å². The van der Waals surface area contributed by atoms with Crippen molar-refractivity contribution in [2.24, 2.45) is 0 Å². The molecule has 0 unspecified atom stereocenters. The Balaban J connectivity index is 1.75. The third kappa shape index (κ3) is 3.24. The van der Waals surface area contributed by atoms with E-state index in [0.717, 1.165) is 16.7 Å². The third-order valence-electron chi connectivity index (χ3n) is 3.38. The highest BCUT2D eigenvalue weighted by molar-refractivity contribution is 6.58. The molecule has 0 bridgehead atoms. The summed E-state index contributed by atoms with van der Waals surface area (Å²) in [7, 11) is -1.45. The number of ether oxygens (including phenoxy) is 1. The van der Waals surface area contributed by atoms with Gasteiger partial charge in [0.05, 0.1) is 0 Å². The summed E-state index contributed by atoms with van der Waals surface area (Å²) in [4.78, 5) is 0. The Kier molecular flexibility index (Phi) is 3.91. The molecule has 3 aromatic rings. The second-order valence-corrected chi connectivity index (χ2v) is 4.92. The SMILES string of the molecule is OB(O)c1cccc(COc2ccc3ccccc3c2)c1. The fourth-order valence-electron chi connectivity index (χ4n) is 2.27. The van der Waals surface area contributed by atoms with Crippen LogP contribution in [-0.2, 0) is 6.61 Å². The Morgan fingerprint density at radius 3 is 2.43 bits per heavy atom. The molecule has 0 saturated carbocycles. The summed E-state index contributed by atoms with van der Waals surface area (Å²) in [5.41, 5.74) is 1.36. The lowest BCUT2D eigenvalue weighted by Gasteiger charge is -2.08. The molecule has 4 heteroatoms. The van der Waals surface area contributed by atoms with Crippen LogP contribution < -0.4 is 10.2 Å². The summed E-state index contributed by atoms with van der Waals surface area (Å²) in [6.45, 7) is 0.388. The van der Waals surface area contributed by atoms with Crippen LogP contribution in [0, 0.1) is 0 Å². The highest BCUT2D eigenvalue weighted by atomic mass is 16.5. The van der Waals surface area contributed by atoms with E-state index < -0.39 is 7.12 Å². The Labute approximate surface area is 123 Å². The second kappa shape index (κ2) is 6.00. The van der Waals surface area contributed by atoms with Crippen LogP contribution in [0.1, 0.15) is 5.56 Å². The molecule has 0 aliphatic rings. The molecule has 0 radical (unpaired) electrons. The zero-order chi connectivity index (χ0) is 14.7. The molecule has 0 fully saturated rings. The smallest absolute Gasteiger partial charge is 0.488 e. The van der Waals surface area contributed by atoms with Gasteiger partial charge in [-0.15, -0.1) is 0 Å². The summed E-state index contributed by atoms with van der Waals surface area (Å²) in [5, 5.41) is 20.6. The van der Waals surface area contributed by atoms with Gasteiger partial charge in [0.25, 0.3) is 0 Å². The van der Waals surface area contributed by atoms with Gasteiger partial charge in [-0.2, -0.15) is 0 Å². The minimum atomic E-state index is -1.45. The van der Waals surface area contributed by atoms with Crippen LogP contribution in [0.15, 0.2) is 66.7 Å². The molecule has 3 rings (SSSR count). The topological polar surface area (TPSA) is 49.7 Å². The zero-order valence-corrected chi connectivity index (χ0v) is 11.4. The average molecular weight is 278 g/mol. The Morgan fingerprint density at radius 2 is 1.62 bits per heavy atom. The summed E-state index contributed by atoms with van der Waals surface area (Å²) in [5.74, 6) is 0.795. The van der Waals surface area contributed by atoms with E-state index in [2.05, 4.69) is 6.07 Å². The van der Waals surface area contributed by atoms with Crippen molar-refractivity contribution in [1.29, 1.82) is 0 Å². The van der Waals surface area contributed by atoms with E-state index in [1.54, 1.807) is 18.2 Å². The van der Waals surface area contributed by atoms with Crippen molar-refractivity contribution in [2.75, 3.05) is 0 Å². The molecule has 0 aliphatic heterocycles. The molecule has 104 valence electrons. The predicted octanol–water partition coefficient (Wildman–Crippen LogP) is 2.10. The van der Waals surface area contributed by atoms with Gasteiger partial charge in [0.2, 0.25) is 0 Å². The normalized spacial score (nSPS) is 10.6. The minimum absolute atomic E-state index is 0.388. The molecular formula is C17H15BO3. The van der Waals surface area contributed by atoms with Crippen LogP contribution in [0.2, 0.25) is 0 Å². The summed E-state index contributed by atoms with van der Waals surface area (Å²) >= 11 is 0. The van der Waals surface area contributed by atoms with Crippen molar-refractivity contribution < 1.29 is 14.8 Å².